The molecule has 2 aliphatic rings. The van der Waals surface area contributed by atoms with Crippen molar-refractivity contribution in [1.29, 1.82) is 0 Å². The number of hydrogen-bond acceptors (Lipinski definition) is 12. The number of amides is 1. The minimum atomic E-state index is -0.427. The number of carbonyl (C=O) groups is 1. The first-order chi connectivity index (χ1) is 18.9. The molecule has 204 valence electrons. The van der Waals surface area contributed by atoms with Gasteiger partial charge in [0.15, 0.2) is 10.8 Å². The number of aromatic nitrogens is 6. The first kappa shape index (κ1) is 25.9. The van der Waals surface area contributed by atoms with Crippen LogP contribution >= 0.6 is 23.1 Å². The van der Waals surface area contributed by atoms with Crippen molar-refractivity contribution in [3.8, 4) is 5.75 Å². The molecule has 1 unspecified atom stereocenters. The number of aryl methyl sites for hydroxylation is 1. The largest absolute Gasteiger partial charge is 0.496 e. The van der Waals surface area contributed by atoms with Crippen LogP contribution in [0.3, 0.4) is 0 Å². The van der Waals surface area contributed by atoms with Crippen molar-refractivity contribution in [2.45, 2.75) is 43.6 Å². The number of thioether (sulfide) groups is 1. The highest BCUT2D eigenvalue weighted by Gasteiger charge is 2.32. The van der Waals surface area contributed by atoms with Crippen LogP contribution in [0.4, 0.5) is 11.1 Å². The van der Waals surface area contributed by atoms with Gasteiger partial charge in [0.25, 0.3) is 0 Å². The molecule has 0 spiro atoms. The summed E-state index contributed by atoms with van der Waals surface area (Å²) in [5.74, 6) is 0.801. The minimum Gasteiger partial charge on any atom is -0.496 e. The molecule has 4 aromatic heterocycles. The van der Waals surface area contributed by atoms with Crippen molar-refractivity contribution < 1.29 is 14.3 Å². The van der Waals surface area contributed by atoms with Gasteiger partial charge in [0.05, 0.1) is 48.9 Å². The van der Waals surface area contributed by atoms with Crippen molar-refractivity contribution in [3.05, 3.63) is 39.8 Å². The molecule has 12 nitrogen and oxygen atoms in total. The zero-order valence-corrected chi connectivity index (χ0v) is 23.6. The van der Waals surface area contributed by atoms with Crippen LogP contribution in [0.15, 0.2) is 17.4 Å². The lowest BCUT2D eigenvalue weighted by molar-refractivity contribution is -0.115. The van der Waals surface area contributed by atoms with Gasteiger partial charge in [0.1, 0.15) is 10.8 Å². The maximum absolute atomic E-state index is 13.3. The van der Waals surface area contributed by atoms with E-state index in [1.807, 2.05) is 20.0 Å². The van der Waals surface area contributed by atoms with Crippen LogP contribution in [0.1, 0.15) is 27.4 Å². The summed E-state index contributed by atoms with van der Waals surface area (Å²) in [6.45, 7) is 8.43. The zero-order valence-electron chi connectivity index (χ0n) is 21.9. The summed E-state index contributed by atoms with van der Waals surface area (Å²) in [7, 11) is 1.66. The summed E-state index contributed by atoms with van der Waals surface area (Å²) in [5.41, 5.74) is 10.2. The van der Waals surface area contributed by atoms with Gasteiger partial charge < -0.3 is 20.5 Å². The number of nitrogens with two attached hydrogens (primary N) is 1. The average Bonchev–Trinajstić information content (AvgIpc) is 3.50. The van der Waals surface area contributed by atoms with E-state index < -0.39 is 5.25 Å². The first-order valence-electron chi connectivity index (χ1n) is 12.6. The monoisotopic (exact) mass is 567 g/mol. The van der Waals surface area contributed by atoms with E-state index >= 15 is 0 Å². The quantitative estimate of drug-likeness (QED) is 0.317. The van der Waals surface area contributed by atoms with Crippen molar-refractivity contribution in [2.75, 3.05) is 44.5 Å². The average molecular weight is 568 g/mol. The number of carbonyl (C=O) groups excluding carboxylic acids is 1. The third-order valence-electron chi connectivity index (χ3n) is 6.89. The number of thiazole rings is 1. The Hall–Kier alpha value is -3.33. The first-order valence-corrected chi connectivity index (χ1v) is 14.3. The van der Waals surface area contributed by atoms with Gasteiger partial charge in [-0.3, -0.25) is 14.7 Å². The Bertz CT molecular complexity index is 1550. The summed E-state index contributed by atoms with van der Waals surface area (Å²) in [6.07, 6.45) is 4.06. The smallest absolute Gasteiger partial charge is 0.240 e. The lowest BCUT2D eigenvalue weighted by Crippen LogP contribution is -2.35. The summed E-state index contributed by atoms with van der Waals surface area (Å²) in [5, 5.41) is 9.48. The molecule has 0 bridgehead atoms. The molecule has 0 saturated carbocycles. The molecule has 1 fully saturated rings. The summed E-state index contributed by atoms with van der Waals surface area (Å²) < 4.78 is 12.8. The fourth-order valence-electron chi connectivity index (χ4n) is 4.94. The van der Waals surface area contributed by atoms with Crippen LogP contribution in [0.25, 0.3) is 11.0 Å². The molecule has 4 aromatic rings. The molecular weight excluding hydrogens is 538 g/mol. The van der Waals surface area contributed by atoms with Crippen molar-refractivity contribution in [2.24, 2.45) is 0 Å². The van der Waals surface area contributed by atoms with Gasteiger partial charge in [-0.15, -0.1) is 11.3 Å². The fraction of sp³-hybridized carbons (Fsp3) is 0.440. The van der Waals surface area contributed by atoms with Crippen LogP contribution in [-0.2, 0) is 29.0 Å². The number of hydrogen-bond donors (Lipinski definition) is 2. The van der Waals surface area contributed by atoms with Crippen LogP contribution in [0.2, 0.25) is 0 Å². The number of nitrogens with zero attached hydrogens (tertiary/aromatic N) is 7. The van der Waals surface area contributed by atoms with Gasteiger partial charge in [-0.1, -0.05) is 11.8 Å². The van der Waals surface area contributed by atoms with Gasteiger partial charge in [-0.05, 0) is 13.8 Å². The predicted molar refractivity (Wildman–Crippen MR) is 149 cm³/mol. The molecule has 3 N–H and O–H groups in total. The van der Waals surface area contributed by atoms with Crippen LogP contribution in [-0.4, -0.2) is 79.2 Å². The molecule has 0 aromatic carbocycles. The van der Waals surface area contributed by atoms with Crippen LogP contribution in [0, 0.1) is 13.8 Å². The lowest BCUT2D eigenvalue weighted by Gasteiger charge is -2.25. The number of methoxy groups -OCH3 is 1. The molecular formula is C25H29N9O3S2. The Morgan fingerprint density at radius 3 is 2.82 bits per heavy atom. The molecule has 14 heteroatoms. The molecule has 1 saturated heterocycles. The SMILES string of the molecule is COc1c(C)cnc(Cn2nc3c4c(nc(N)nc42)SC(C(=O)Nc2ncc(CN4CCOCC4)s2)C3)c1C. The van der Waals surface area contributed by atoms with Gasteiger partial charge >= 0.3 is 0 Å². The minimum absolute atomic E-state index is 0.137. The zero-order chi connectivity index (χ0) is 27.1. The Labute approximate surface area is 233 Å². The second-order valence-electron chi connectivity index (χ2n) is 9.56. The van der Waals surface area contributed by atoms with Crippen LogP contribution < -0.4 is 15.8 Å². The van der Waals surface area contributed by atoms with Gasteiger partial charge in [0, 0.05) is 54.5 Å². The molecule has 6 heterocycles. The van der Waals surface area contributed by atoms with E-state index in [-0.39, 0.29) is 11.9 Å². The van der Waals surface area contributed by atoms with E-state index in [0.717, 1.165) is 71.4 Å². The van der Waals surface area contributed by atoms with Gasteiger partial charge in [-0.2, -0.15) is 10.1 Å². The number of anilines is 2. The topological polar surface area (TPSA) is 146 Å². The number of nitrogen functional groups attached to an aromatic ring is 1. The second-order valence-corrected chi connectivity index (χ2v) is 11.9. The van der Waals surface area contributed by atoms with E-state index in [4.69, 9.17) is 20.3 Å². The molecule has 1 atom stereocenters. The number of nitrogens with one attached hydrogen (secondary N) is 1. The number of rotatable bonds is 7. The maximum atomic E-state index is 13.3. The second kappa shape index (κ2) is 10.7. The van der Waals surface area contributed by atoms with Gasteiger partial charge in [0.2, 0.25) is 11.9 Å². The fourth-order valence-corrected chi connectivity index (χ4v) is 6.95. The highest BCUT2D eigenvalue weighted by atomic mass is 32.2. The number of ether oxygens (including phenoxy) is 2. The van der Waals surface area contributed by atoms with E-state index in [9.17, 15) is 4.79 Å². The lowest BCUT2D eigenvalue weighted by atomic mass is 10.1. The van der Waals surface area contributed by atoms with E-state index in [1.165, 1.54) is 23.1 Å². The Morgan fingerprint density at radius 1 is 1.21 bits per heavy atom. The maximum Gasteiger partial charge on any atom is 0.240 e. The summed E-state index contributed by atoms with van der Waals surface area (Å²) in [4.78, 5) is 34.7. The summed E-state index contributed by atoms with van der Waals surface area (Å²) >= 11 is 2.87. The molecule has 6 rings (SSSR count). The molecule has 39 heavy (non-hydrogen) atoms. The predicted octanol–water partition coefficient (Wildman–Crippen LogP) is 2.42. The van der Waals surface area contributed by atoms with E-state index in [2.05, 4.69) is 30.2 Å². The molecule has 1 amide bonds. The van der Waals surface area contributed by atoms with Crippen molar-refractivity contribution in [3.63, 3.8) is 0 Å². The Morgan fingerprint density at radius 2 is 2.03 bits per heavy atom. The number of morpholine rings is 1. The summed E-state index contributed by atoms with van der Waals surface area (Å²) in [6, 6.07) is 0. The highest BCUT2D eigenvalue weighted by molar-refractivity contribution is 8.00. The van der Waals surface area contributed by atoms with E-state index in [0.29, 0.717) is 28.8 Å². The third-order valence-corrected chi connectivity index (χ3v) is 8.97. The molecule has 0 aliphatic carbocycles. The third kappa shape index (κ3) is 5.16. The van der Waals surface area contributed by atoms with Crippen molar-refractivity contribution >= 4 is 51.1 Å². The van der Waals surface area contributed by atoms with Crippen molar-refractivity contribution in [1.82, 2.24) is 34.6 Å². The number of pyridine rings is 1. The Balaban J connectivity index is 1.21. The normalized spacial score (nSPS) is 17.5. The Kier molecular flexibility index (Phi) is 7.10. The van der Waals surface area contributed by atoms with Crippen LogP contribution in [0.5, 0.6) is 5.75 Å². The standard InChI is InChI=1S/C25H29N9O3S2/c1-13-9-27-17(14(2)20(13)36-3)12-34-21-19-16(32-34)8-18(39-23(19)31-24(26)29-21)22(35)30-25-28-10-15(38-25)11-33-4-6-37-7-5-33/h9-10,18H,4-8,11-12H2,1-3H3,(H2,26,29,31)(H,28,30,35). The molecule has 0 radical (unpaired) electrons. The molecule has 2 aliphatic heterocycles. The van der Waals surface area contributed by atoms with E-state index in [1.54, 1.807) is 18.0 Å². The van der Waals surface area contributed by atoms with Gasteiger partial charge in [-0.25, -0.2) is 14.6 Å². The highest BCUT2D eigenvalue weighted by Crippen LogP contribution is 2.39.